The van der Waals surface area contributed by atoms with Gasteiger partial charge in [0.25, 0.3) is 0 Å². The lowest BCUT2D eigenvalue weighted by atomic mass is 10.0. The van der Waals surface area contributed by atoms with Crippen LogP contribution in [0.1, 0.15) is 45.2 Å². The Kier molecular flexibility index (Phi) is 6.20. The zero-order valence-electron chi connectivity index (χ0n) is 11.6. The highest BCUT2D eigenvalue weighted by molar-refractivity contribution is 6.69. The van der Waals surface area contributed by atoms with Crippen molar-refractivity contribution in [2.24, 2.45) is 11.1 Å². The zero-order valence-corrected chi connectivity index (χ0v) is 12.4. The molecule has 0 aliphatic rings. The maximum atomic E-state index is 6.11. The predicted octanol–water partition coefficient (Wildman–Crippen LogP) is 4.60. The van der Waals surface area contributed by atoms with E-state index >= 15 is 0 Å². The summed E-state index contributed by atoms with van der Waals surface area (Å²) < 4.78 is 0. The topological polar surface area (TPSA) is 21.6 Å². The normalized spacial score (nSPS) is 12.3. The molecule has 0 saturated carbocycles. The Balaban J connectivity index is 2.72. The smallest absolute Gasteiger partial charge is 0.175 e. The van der Waals surface area contributed by atoms with Crippen molar-refractivity contribution in [3.05, 3.63) is 35.4 Å². The van der Waals surface area contributed by atoms with Crippen molar-refractivity contribution in [1.29, 1.82) is 0 Å². The molecule has 0 atom stereocenters. The van der Waals surface area contributed by atoms with Gasteiger partial charge in [0.15, 0.2) is 5.17 Å². The third-order valence-electron chi connectivity index (χ3n) is 2.52. The fraction of sp³-hybridized carbons (Fsp3) is 0.533. The third kappa shape index (κ3) is 5.54. The van der Waals surface area contributed by atoms with Gasteiger partial charge in [-0.25, -0.2) is 0 Å². The van der Waals surface area contributed by atoms with E-state index in [1.165, 1.54) is 12.0 Å². The van der Waals surface area contributed by atoms with Crippen LogP contribution in [0.3, 0.4) is 0 Å². The molecule has 1 rings (SSSR count). The van der Waals surface area contributed by atoms with Gasteiger partial charge in [-0.05, 0) is 44.2 Å². The molecule has 0 saturated heterocycles. The van der Waals surface area contributed by atoms with Crippen molar-refractivity contribution < 1.29 is 4.84 Å². The molecule has 0 unspecified atom stereocenters. The zero-order chi connectivity index (χ0) is 13.5. The van der Waals surface area contributed by atoms with Crippen molar-refractivity contribution in [3.8, 4) is 0 Å². The molecule has 0 amide bonds. The fourth-order valence-electron chi connectivity index (χ4n) is 1.51. The SMILES string of the molecule is CC(C)CCc1cccc(C(Cl)=NOC(C)C)c1. The molecule has 0 fully saturated rings. The summed E-state index contributed by atoms with van der Waals surface area (Å²) in [6, 6.07) is 8.17. The number of benzene rings is 1. The first kappa shape index (κ1) is 15.0. The van der Waals surface area contributed by atoms with Crippen molar-refractivity contribution in [2.45, 2.75) is 46.6 Å². The minimum atomic E-state index is 0.0443. The van der Waals surface area contributed by atoms with E-state index in [1.54, 1.807) is 0 Å². The van der Waals surface area contributed by atoms with Gasteiger partial charge in [0.1, 0.15) is 6.10 Å². The van der Waals surface area contributed by atoms with E-state index in [-0.39, 0.29) is 6.10 Å². The fourth-order valence-corrected chi connectivity index (χ4v) is 1.67. The molecule has 18 heavy (non-hydrogen) atoms. The van der Waals surface area contributed by atoms with E-state index in [1.807, 2.05) is 26.0 Å². The summed E-state index contributed by atoms with van der Waals surface area (Å²) in [6.45, 7) is 8.31. The summed E-state index contributed by atoms with van der Waals surface area (Å²) in [6.07, 6.45) is 2.30. The van der Waals surface area contributed by atoms with E-state index in [4.69, 9.17) is 16.4 Å². The Morgan fingerprint density at radius 2 is 2.00 bits per heavy atom. The van der Waals surface area contributed by atoms with E-state index in [0.717, 1.165) is 12.0 Å². The average molecular weight is 268 g/mol. The second-order valence-corrected chi connectivity index (χ2v) is 5.53. The van der Waals surface area contributed by atoms with Crippen LogP contribution in [0, 0.1) is 5.92 Å². The van der Waals surface area contributed by atoms with Crippen LogP contribution in [-0.4, -0.2) is 11.3 Å². The summed E-state index contributed by atoms with van der Waals surface area (Å²) >= 11 is 6.11. The molecule has 0 heterocycles. The average Bonchev–Trinajstić information content (AvgIpc) is 2.33. The van der Waals surface area contributed by atoms with E-state index in [9.17, 15) is 0 Å². The maximum absolute atomic E-state index is 6.11. The summed E-state index contributed by atoms with van der Waals surface area (Å²) in [5.41, 5.74) is 2.21. The highest BCUT2D eigenvalue weighted by atomic mass is 35.5. The summed E-state index contributed by atoms with van der Waals surface area (Å²) in [4.78, 5) is 5.15. The molecule has 0 bridgehead atoms. The predicted molar refractivity (Wildman–Crippen MR) is 78.2 cm³/mol. The third-order valence-corrected chi connectivity index (χ3v) is 2.81. The number of hydrogen-bond acceptors (Lipinski definition) is 2. The van der Waals surface area contributed by atoms with Crippen LogP contribution >= 0.6 is 11.6 Å². The number of nitrogens with zero attached hydrogens (tertiary/aromatic N) is 1. The van der Waals surface area contributed by atoms with Gasteiger partial charge in [-0.15, -0.1) is 0 Å². The van der Waals surface area contributed by atoms with Gasteiger partial charge in [0.05, 0.1) is 0 Å². The molecule has 0 N–H and O–H groups in total. The van der Waals surface area contributed by atoms with Crippen molar-refractivity contribution in [2.75, 3.05) is 0 Å². The minimum absolute atomic E-state index is 0.0443. The van der Waals surface area contributed by atoms with Gasteiger partial charge in [0.2, 0.25) is 0 Å². The van der Waals surface area contributed by atoms with Gasteiger partial charge >= 0.3 is 0 Å². The molecule has 100 valence electrons. The lowest BCUT2D eigenvalue weighted by Gasteiger charge is -2.07. The van der Waals surface area contributed by atoms with Crippen LogP contribution in [0.15, 0.2) is 29.4 Å². The molecule has 2 nitrogen and oxygen atoms in total. The van der Waals surface area contributed by atoms with E-state index in [2.05, 4.69) is 31.1 Å². The number of rotatable bonds is 6. The molecular weight excluding hydrogens is 246 g/mol. The van der Waals surface area contributed by atoms with Crippen LogP contribution in [0.2, 0.25) is 0 Å². The molecule has 0 aromatic heterocycles. The number of halogens is 1. The molecule has 0 aliphatic carbocycles. The molecule has 0 aliphatic heterocycles. The number of aryl methyl sites for hydroxylation is 1. The Morgan fingerprint density at radius 1 is 1.28 bits per heavy atom. The summed E-state index contributed by atoms with van der Waals surface area (Å²) in [5.74, 6) is 0.710. The van der Waals surface area contributed by atoms with Gasteiger partial charge < -0.3 is 4.84 Å². The molecule has 0 radical (unpaired) electrons. The standard InChI is InChI=1S/C15H22ClNO/c1-11(2)8-9-13-6-5-7-14(10-13)15(16)17-18-12(3)4/h5-7,10-12H,8-9H2,1-4H3. The highest BCUT2D eigenvalue weighted by Crippen LogP contribution is 2.13. The van der Waals surface area contributed by atoms with E-state index in [0.29, 0.717) is 11.1 Å². The lowest BCUT2D eigenvalue weighted by molar-refractivity contribution is 0.0868. The first-order chi connectivity index (χ1) is 8.49. The number of oxime groups is 1. The molecule has 0 spiro atoms. The van der Waals surface area contributed by atoms with Crippen LogP contribution in [-0.2, 0) is 11.3 Å². The maximum Gasteiger partial charge on any atom is 0.175 e. The van der Waals surface area contributed by atoms with Gasteiger partial charge in [-0.3, -0.25) is 0 Å². The minimum Gasteiger partial charge on any atom is -0.392 e. The summed E-state index contributed by atoms with van der Waals surface area (Å²) in [5, 5.41) is 4.32. The molecular formula is C15H22ClNO. The lowest BCUT2D eigenvalue weighted by Crippen LogP contribution is -2.00. The first-order valence-corrected chi connectivity index (χ1v) is 6.85. The van der Waals surface area contributed by atoms with Gasteiger partial charge in [-0.1, -0.05) is 48.8 Å². The van der Waals surface area contributed by atoms with Crippen LogP contribution in [0.4, 0.5) is 0 Å². The second-order valence-electron chi connectivity index (χ2n) is 5.17. The molecule has 3 heteroatoms. The largest absolute Gasteiger partial charge is 0.392 e. The quantitative estimate of drug-likeness (QED) is 0.545. The van der Waals surface area contributed by atoms with Gasteiger partial charge in [-0.2, -0.15) is 0 Å². The molecule has 1 aromatic rings. The van der Waals surface area contributed by atoms with Crippen LogP contribution in [0.25, 0.3) is 0 Å². The highest BCUT2D eigenvalue weighted by Gasteiger charge is 2.04. The van der Waals surface area contributed by atoms with Crippen molar-refractivity contribution in [1.82, 2.24) is 0 Å². The summed E-state index contributed by atoms with van der Waals surface area (Å²) in [7, 11) is 0. The van der Waals surface area contributed by atoms with Crippen LogP contribution < -0.4 is 0 Å². The Labute approximate surface area is 115 Å². The van der Waals surface area contributed by atoms with Crippen LogP contribution in [0.5, 0.6) is 0 Å². The Hall–Kier alpha value is -1.02. The first-order valence-electron chi connectivity index (χ1n) is 6.47. The van der Waals surface area contributed by atoms with Crippen molar-refractivity contribution in [3.63, 3.8) is 0 Å². The monoisotopic (exact) mass is 267 g/mol. The molecule has 1 aromatic carbocycles. The second kappa shape index (κ2) is 7.42. The Bertz CT molecular complexity index is 399. The van der Waals surface area contributed by atoms with Gasteiger partial charge in [0, 0.05) is 5.56 Å². The van der Waals surface area contributed by atoms with Crippen molar-refractivity contribution >= 4 is 16.8 Å². The Morgan fingerprint density at radius 3 is 2.61 bits per heavy atom. The van der Waals surface area contributed by atoms with E-state index < -0.39 is 0 Å². The number of hydrogen-bond donors (Lipinski definition) is 0.